The van der Waals surface area contributed by atoms with Crippen molar-refractivity contribution in [1.82, 2.24) is 0 Å². The zero-order valence-electron chi connectivity index (χ0n) is 8.98. The molecule has 0 bridgehead atoms. The molecule has 0 atom stereocenters. The van der Waals surface area contributed by atoms with E-state index in [0.29, 0.717) is 19.3 Å². The first kappa shape index (κ1) is 13.5. The van der Waals surface area contributed by atoms with Crippen LogP contribution in [0.15, 0.2) is 25.3 Å². The van der Waals surface area contributed by atoms with Gasteiger partial charge in [0.2, 0.25) is 5.78 Å². The summed E-state index contributed by atoms with van der Waals surface area (Å²) in [7, 11) is 1.57. The zero-order valence-corrected chi connectivity index (χ0v) is 8.98. The Balaban J connectivity index is 4.12. The van der Waals surface area contributed by atoms with Gasteiger partial charge in [-0.15, -0.1) is 0 Å². The molecule has 0 N–H and O–H groups in total. The van der Waals surface area contributed by atoms with Crippen LogP contribution >= 0.6 is 0 Å². The van der Waals surface area contributed by atoms with E-state index in [-0.39, 0.29) is 5.78 Å². The topological polar surface area (TPSA) is 62.7 Å². The minimum Gasteiger partial charge on any atom is -0.370 e. The molecule has 0 radical (unpaired) electrons. The van der Waals surface area contributed by atoms with Crippen LogP contribution in [0.5, 0.6) is 0 Å². The van der Waals surface area contributed by atoms with Crippen molar-refractivity contribution in [3.63, 3.8) is 0 Å². The van der Waals surface area contributed by atoms with Crippen LogP contribution in [-0.2, 0) is 9.53 Å². The average Bonchev–Trinajstić information content (AvgIpc) is 2.25. The number of Topliss-reactive ketones (excluding diaryl/α,β-unsaturated/α-hetero) is 1. The second kappa shape index (κ2) is 6.87. The summed E-state index contributed by atoms with van der Waals surface area (Å²) < 4.78 is 5.25. The number of carbonyl (C=O) groups excluding carboxylic acids is 1. The maximum absolute atomic E-state index is 11.0. The van der Waals surface area contributed by atoms with Crippen molar-refractivity contribution in [3.05, 3.63) is 30.8 Å². The summed E-state index contributed by atoms with van der Waals surface area (Å²) in [6.07, 6.45) is 5.78. The summed E-state index contributed by atoms with van der Waals surface area (Å²) in [5.74, 6) is -0.212. The largest absolute Gasteiger partial charge is 0.370 e. The molecule has 0 aliphatic carbocycles. The second-order valence-corrected chi connectivity index (χ2v) is 3.13. The molecule has 4 heteroatoms. The summed E-state index contributed by atoms with van der Waals surface area (Å²) in [5.41, 5.74) is 7.55. The van der Waals surface area contributed by atoms with E-state index in [1.165, 1.54) is 0 Å². The maximum atomic E-state index is 11.0. The smallest absolute Gasteiger partial charge is 0.323 e. The number of nitrogens with zero attached hydrogens (tertiary/aromatic N) is 2. The molecule has 0 aromatic carbocycles. The van der Waals surface area contributed by atoms with Crippen LogP contribution in [0.2, 0.25) is 0 Å². The van der Waals surface area contributed by atoms with Gasteiger partial charge in [-0.25, -0.2) is 0 Å². The van der Waals surface area contributed by atoms with E-state index in [1.54, 1.807) is 19.3 Å². The van der Waals surface area contributed by atoms with Crippen LogP contribution in [0, 0.1) is 0 Å². The lowest BCUT2D eigenvalue weighted by Gasteiger charge is -2.24. The third-order valence-corrected chi connectivity index (χ3v) is 2.26. The lowest BCUT2D eigenvalue weighted by atomic mass is 9.96. The van der Waals surface area contributed by atoms with Gasteiger partial charge in [-0.3, -0.25) is 4.79 Å². The third-order valence-electron chi connectivity index (χ3n) is 2.26. The summed E-state index contributed by atoms with van der Waals surface area (Å²) >= 11 is 0. The first-order valence-electron chi connectivity index (χ1n) is 4.66. The Kier molecular flexibility index (Phi) is 6.18. The van der Waals surface area contributed by atoms with E-state index in [1.807, 2.05) is 0 Å². The SMILES string of the molecule is C=CC(C=C)(CCCC(=O)C=[N+]=[N-])OC. The van der Waals surface area contributed by atoms with Gasteiger partial charge in [-0.05, 0) is 12.8 Å². The first-order chi connectivity index (χ1) is 7.14. The Morgan fingerprint density at radius 2 is 2.13 bits per heavy atom. The number of ketones is 1. The van der Waals surface area contributed by atoms with E-state index in [0.717, 1.165) is 6.21 Å². The highest BCUT2D eigenvalue weighted by Gasteiger charge is 2.21. The van der Waals surface area contributed by atoms with E-state index in [4.69, 9.17) is 10.3 Å². The van der Waals surface area contributed by atoms with Gasteiger partial charge in [0.1, 0.15) is 5.60 Å². The molecular formula is C11H16N2O2. The van der Waals surface area contributed by atoms with Gasteiger partial charge in [0.05, 0.1) is 0 Å². The number of hydrogen-bond acceptors (Lipinski definition) is 2. The van der Waals surface area contributed by atoms with E-state index < -0.39 is 5.60 Å². The van der Waals surface area contributed by atoms with Gasteiger partial charge in [-0.1, -0.05) is 25.3 Å². The van der Waals surface area contributed by atoms with Gasteiger partial charge in [-0.2, -0.15) is 4.79 Å². The molecule has 15 heavy (non-hydrogen) atoms. The van der Waals surface area contributed by atoms with Gasteiger partial charge < -0.3 is 10.3 Å². The molecule has 0 spiro atoms. The van der Waals surface area contributed by atoms with Crippen molar-refractivity contribution in [3.8, 4) is 0 Å². The van der Waals surface area contributed by atoms with Gasteiger partial charge >= 0.3 is 6.21 Å². The number of hydrogen-bond donors (Lipinski definition) is 0. The number of methoxy groups -OCH3 is 1. The number of carbonyl (C=O) groups is 1. The van der Waals surface area contributed by atoms with Crippen molar-refractivity contribution in [1.29, 1.82) is 0 Å². The van der Waals surface area contributed by atoms with Crippen molar-refractivity contribution in [2.75, 3.05) is 7.11 Å². The molecular weight excluding hydrogens is 192 g/mol. The molecule has 0 fully saturated rings. The van der Waals surface area contributed by atoms with Gasteiger partial charge in [0.15, 0.2) is 0 Å². The highest BCUT2D eigenvalue weighted by atomic mass is 16.5. The molecule has 0 aliphatic rings. The minimum atomic E-state index is -0.573. The third kappa shape index (κ3) is 4.49. The molecule has 0 aromatic rings. The molecule has 0 aromatic heterocycles. The predicted molar refractivity (Wildman–Crippen MR) is 58.7 cm³/mol. The Morgan fingerprint density at radius 3 is 2.53 bits per heavy atom. The molecule has 0 amide bonds. The minimum absolute atomic E-state index is 0.212. The normalized spacial score (nSPS) is 10.2. The number of ether oxygens (including phenoxy) is 1. The fourth-order valence-electron chi connectivity index (χ4n) is 1.22. The van der Waals surface area contributed by atoms with Crippen LogP contribution in [0.1, 0.15) is 19.3 Å². The van der Waals surface area contributed by atoms with Crippen LogP contribution in [0.4, 0.5) is 0 Å². The molecule has 0 unspecified atom stereocenters. The molecule has 0 heterocycles. The fraction of sp³-hybridized carbons (Fsp3) is 0.455. The van der Waals surface area contributed by atoms with E-state index in [2.05, 4.69) is 17.9 Å². The molecule has 0 aliphatic heterocycles. The standard InChI is InChI=1S/C11H16N2O2/c1-4-11(5-2,15-3)8-6-7-10(14)9-13-12/h4-5,9H,1-2,6-8H2,3H3. The maximum Gasteiger partial charge on any atom is 0.323 e. The predicted octanol–water partition coefficient (Wildman–Crippen LogP) is 1.78. The Bertz CT molecular complexity index is 283. The molecule has 0 rings (SSSR count). The molecule has 4 nitrogen and oxygen atoms in total. The summed E-state index contributed by atoms with van der Waals surface area (Å²) in [6, 6.07) is 0. The second-order valence-electron chi connectivity index (χ2n) is 3.13. The molecule has 82 valence electrons. The highest BCUT2D eigenvalue weighted by Crippen LogP contribution is 2.20. The highest BCUT2D eigenvalue weighted by molar-refractivity contribution is 6.25. The molecule has 0 saturated carbocycles. The Labute approximate surface area is 89.9 Å². The van der Waals surface area contributed by atoms with E-state index >= 15 is 0 Å². The Hall–Kier alpha value is -1.51. The summed E-state index contributed by atoms with van der Waals surface area (Å²) in [5, 5.41) is 0. The summed E-state index contributed by atoms with van der Waals surface area (Å²) in [4.78, 5) is 13.7. The van der Waals surface area contributed by atoms with E-state index in [9.17, 15) is 4.79 Å². The van der Waals surface area contributed by atoms with Crippen LogP contribution in [-0.4, -0.2) is 29.5 Å². The first-order valence-corrected chi connectivity index (χ1v) is 4.66. The lowest BCUT2D eigenvalue weighted by Crippen LogP contribution is -2.25. The quantitative estimate of drug-likeness (QED) is 0.264. The summed E-state index contributed by atoms with van der Waals surface area (Å²) in [6.45, 7) is 7.32. The van der Waals surface area contributed by atoms with Crippen molar-refractivity contribution < 1.29 is 14.3 Å². The van der Waals surface area contributed by atoms with Crippen LogP contribution in [0.3, 0.4) is 0 Å². The van der Waals surface area contributed by atoms with Crippen LogP contribution < -0.4 is 0 Å². The van der Waals surface area contributed by atoms with Crippen molar-refractivity contribution in [2.45, 2.75) is 24.9 Å². The molecule has 0 saturated heterocycles. The zero-order chi connectivity index (χ0) is 11.7. The monoisotopic (exact) mass is 208 g/mol. The van der Waals surface area contributed by atoms with Gasteiger partial charge in [0, 0.05) is 13.5 Å². The fourth-order valence-corrected chi connectivity index (χ4v) is 1.22. The lowest BCUT2D eigenvalue weighted by molar-refractivity contribution is -0.116. The van der Waals surface area contributed by atoms with Gasteiger partial charge in [0.25, 0.3) is 0 Å². The van der Waals surface area contributed by atoms with Crippen LogP contribution in [0.25, 0.3) is 5.53 Å². The van der Waals surface area contributed by atoms with Crippen molar-refractivity contribution in [2.24, 2.45) is 0 Å². The Morgan fingerprint density at radius 1 is 1.53 bits per heavy atom. The number of rotatable bonds is 8. The van der Waals surface area contributed by atoms with Crippen molar-refractivity contribution >= 4 is 12.0 Å². The average molecular weight is 208 g/mol.